The maximum Gasteiger partial charge on any atom is 0.411 e. The van der Waals surface area contributed by atoms with Gasteiger partial charge >= 0.3 is 6.18 Å². The molecule has 82 valence electrons. The molecule has 0 amide bonds. The van der Waals surface area contributed by atoms with E-state index >= 15 is 0 Å². The van der Waals surface area contributed by atoms with E-state index < -0.39 is 11.7 Å². The standard InChI is InChI=1S/C10H11F3N2/c1-7-2-3-8(14-6-7)15-9(4-5-9)10(11,12)13/h2-3,6H,4-5H2,1H3,(H,14,15). The SMILES string of the molecule is Cc1ccc(NC2(C(F)(F)F)CC2)nc1. The van der Waals surface area contributed by atoms with Crippen molar-refractivity contribution in [1.29, 1.82) is 0 Å². The van der Waals surface area contributed by atoms with Crippen LogP contribution in [0.5, 0.6) is 0 Å². The quantitative estimate of drug-likeness (QED) is 0.822. The molecule has 0 spiro atoms. The third-order valence-electron chi connectivity index (χ3n) is 2.57. The van der Waals surface area contributed by atoms with Crippen LogP contribution in [-0.4, -0.2) is 16.7 Å². The van der Waals surface area contributed by atoms with Gasteiger partial charge in [0.1, 0.15) is 11.4 Å². The van der Waals surface area contributed by atoms with Crippen LogP contribution in [0.3, 0.4) is 0 Å². The molecule has 1 heterocycles. The first-order valence-electron chi connectivity index (χ1n) is 4.71. The van der Waals surface area contributed by atoms with Crippen LogP contribution in [0, 0.1) is 6.92 Å². The molecule has 0 bridgehead atoms. The molecule has 1 fully saturated rings. The highest BCUT2D eigenvalue weighted by Crippen LogP contribution is 2.50. The van der Waals surface area contributed by atoms with Crippen LogP contribution in [0.15, 0.2) is 18.3 Å². The number of hydrogen-bond donors (Lipinski definition) is 1. The second-order valence-corrected chi connectivity index (χ2v) is 3.93. The van der Waals surface area contributed by atoms with Crippen molar-refractivity contribution in [1.82, 2.24) is 4.98 Å². The molecule has 0 radical (unpaired) electrons. The fourth-order valence-corrected chi connectivity index (χ4v) is 1.39. The smallest absolute Gasteiger partial charge is 0.356 e. The van der Waals surface area contributed by atoms with Crippen LogP contribution in [0.25, 0.3) is 0 Å². The molecule has 1 aliphatic rings. The van der Waals surface area contributed by atoms with Gasteiger partial charge in [-0.3, -0.25) is 0 Å². The van der Waals surface area contributed by atoms with Crippen molar-refractivity contribution in [3.63, 3.8) is 0 Å². The zero-order valence-corrected chi connectivity index (χ0v) is 8.23. The first kappa shape index (κ1) is 10.3. The van der Waals surface area contributed by atoms with Gasteiger partial charge in [0.15, 0.2) is 0 Å². The molecule has 0 saturated heterocycles. The highest BCUT2D eigenvalue weighted by atomic mass is 19.4. The number of alkyl halides is 3. The van der Waals surface area contributed by atoms with Crippen LogP contribution in [0.2, 0.25) is 0 Å². The minimum absolute atomic E-state index is 0.131. The largest absolute Gasteiger partial charge is 0.411 e. The molecule has 0 aliphatic heterocycles. The first-order valence-corrected chi connectivity index (χ1v) is 4.71. The van der Waals surface area contributed by atoms with E-state index in [9.17, 15) is 13.2 Å². The fourth-order valence-electron chi connectivity index (χ4n) is 1.39. The van der Waals surface area contributed by atoms with Gasteiger partial charge in [-0.05, 0) is 31.4 Å². The van der Waals surface area contributed by atoms with Crippen LogP contribution < -0.4 is 5.32 Å². The summed E-state index contributed by atoms with van der Waals surface area (Å²) in [6.07, 6.45) is -2.38. The van der Waals surface area contributed by atoms with Gasteiger partial charge in [-0.1, -0.05) is 6.07 Å². The average Bonchev–Trinajstić information content (AvgIpc) is 2.89. The number of rotatable bonds is 2. The molecule has 2 nitrogen and oxygen atoms in total. The number of nitrogens with zero attached hydrogens (tertiary/aromatic N) is 1. The summed E-state index contributed by atoms with van der Waals surface area (Å²) in [5, 5.41) is 2.46. The van der Waals surface area contributed by atoms with E-state index in [4.69, 9.17) is 0 Å². The third-order valence-corrected chi connectivity index (χ3v) is 2.57. The third kappa shape index (κ3) is 1.91. The Morgan fingerprint density at radius 3 is 2.40 bits per heavy atom. The number of halogens is 3. The minimum atomic E-state index is -4.19. The van der Waals surface area contributed by atoms with Crippen LogP contribution >= 0.6 is 0 Å². The van der Waals surface area contributed by atoms with Gasteiger partial charge in [-0.25, -0.2) is 4.98 Å². The summed E-state index contributed by atoms with van der Waals surface area (Å²) in [4.78, 5) is 3.91. The van der Waals surface area contributed by atoms with E-state index in [0.29, 0.717) is 0 Å². The maximum atomic E-state index is 12.6. The summed E-state index contributed by atoms with van der Waals surface area (Å²) in [6.45, 7) is 1.84. The van der Waals surface area contributed by atoms with E-state index in [-0.39, 0.29) is 18.7 Å². The van der Waals surface area contributed by atoms with E-state index in [1.807, 2.05) is 6.92 Å². The second kappa shape index (κ2) is 3.12. The monoisotopic (exact) mass is 216 g/mol. The summed E-state index contributed by atoms with van der Waals surface area (Å²) in [6, 6.07) is 3.31. The van der Waals surface area contributed by atoms with E-state index in [1.165, 1.54) is 0 Å². The summed E-state index contributed by atoms with van der Waals surface area (Å²) in [7, 11) is 0. The minimum Gasteiger partial charge on any atom is -0.356 e. The molecule has 0 unspecified atom stereocenters. The molecule has 0 atom stereocenters. The van der Waals surface area contributed by atoms with Gasteiger partial charge in [0, 0.05) is 6.20 Å². The van der Waals surface area contributed by atoms with E-state index in [0.717, 1.165) is 5.56 Å². The number of nitrogens with one attached hydrogen (secondary N) is 1. The molecule has 15 heavy (non-hydrogen) atoms. The Hall–Kier alpha value is -1.26. The van der Waals surface area contributed by atoms with Crippen molar-refractivity contribution in [2.24, 2.45) is 0 Å². The Kier molecular flexibility index (Phi) is 2.13. The molecule has 0 aromatic carbocycles. The summed E-state index contributed by atoms with van der Waals surface area (Å²) in [5.41, 5.74) is -0.799. The highest BCUT2D eigenvalue weighted by molar-refractivity contribution is 5.42. The fraction of sp³-hybridized carbons (Fsp3) is 0.500. The van der Waals surface area contributed by atoms with Crippen molar-refractivity contribution in [3.8, 4) is 0 Å². The summed E-state index contributed by atoms with van der Waals surface area (Å²) < 4.78 is 37.7. The molecule has 1 aromatic rings. The van der Waals surface area contributed by atoms with Crippen molar-refractivity contribution < 1.29 is 13.2 Å². The second-order valence-electron chi connectivity index (χ2n) is 3.93. The topological polar surface area (TPSA) is 24.9 Å². The zero-order valence-electron chi connectivity index (χ0n) is 8.23. The lowest BCUT2D eigenvalue weighted by Gasteiger charge is -2.21. The number of pyridine rings is 1. The van der Waals surface area contributed by atoms with Crippen molar-refractivity contribution >= 4 is 5.82 Å². The maximum absolute atomic E-state index is 12.6. The summed E-state index contributed by atoms with van der Waals surface area (Å²) in [5.74, 6) is 0.287. The van der Waals surface area contributed by atoms with Gasteiger partial charge in [0.05, 0.1) is 0 Å². The Balaban J connectivity index is 2.13. The number of hydrogen-bond acceptors (Lipinski definition) is 2. The molecule has 2 rings (SSSR count). The first-order chi connectivity index (χ1) is 6.93. The van der Waals surface area contributed by atoms with Crippen molar-refractivity contribution in [3.05, 3.63) is 23.9 Å². The van der Waals surface area contributed by atoms with Gasteiger partial charge in [0.25, 0.3) is 0 Å². The van der Waals surface area contributed by atoms with E-state index in [1.54, 1.807) is 18.3 Å². The molecule has 1 saturated carbocycles. The van der Waals surface area contributed by atoms with Gasteiger partial charge in [-0.2, -0.15) is 13.2 Å². The van der Waals surface area contributed by atoms with Gasteiger partial charge in [0.2, 0.25) is 0 Å². The zero-order chi connectivity index (χ0) is 11.1. The molecular formula is C10H11F3N2. The average molecular weight is 216 g/mol. The lowest BCUT2D eigenvalue weighted by Crippen LogP contribution is -2.38. The van der Waals surface area contributed by atoms with Crippen molar-refractivity contribution in [2.45, 2.75) is 31.5 Å². The summed E-state index contributed by atoms with van der Waals surface area (Å²) >= 11 is 0. The molecule has 1 aliphatic carbocycles. The molecule has 5 heteroatoms. The lowest BCUT2D eigenvalue weighted by molar-refractivity contribution is -0.151. The lowest BCUT2D eigenvalue weighted by atomic mass is 10.2. The Morgan fingerprint density at radius 2 is 2.00 bits per heavy atom. The van der Waals surface area contributed by atoms with Gasteiger partial charge < -0.3 is 5.32 Å². The van der Waals surface area contributed by atoms with Crippen LogP contribution in [0.4, 0.5) is 19.0 Å². The predicted octanol–water partition coefficient (Wildman–Crippen LogP) is 2.90. The Bertz CT molecular complexity index is 352. The van der Waals surface area contributed by atoms with Crippen molar-refractivity contribution in [2.75, 3.05) is 5.32 Å². The molecule has 1 N–H and O–H groups in total. The Labute approximate surface area is 85.5 Å². The van der Waals surface area contributed by atoms with E-state index in [2.05, 4.69) is 10.3 Å². The van der Waals surface area contributed by atoms with Crippen LogP contribution in [0.1, 0.15) is 18.4 Å². The normalized spacial score (nSPS) is 18.7. The molecule has 1 aromatic heterocycles. The number of aromatic nitrogens is 1. The predicted molar refractivity (Wildman–Crippen MR) is 50.6 cm³/mol. The van der Waals surface area contributed by atoms with Crippen LogP contribution in [-0.2, 0) is 0 Å². The Morgan fingerprint density at radius 1 is 1.33 bits per heavy atom. The van der Waals surface area contributed by atoms with Gasteiger partial charge in [-0.15, -0.1) is 0 Å². The molecular weight excluding hydrogens is 205 g/mol. The number of aryl methyl sites for hydroxylation is 1. The highest BCUT2D eigenvalue weighted by Gasteiger charge is 2.63. The number of anilines is 1.